The molecular formula is C21H29N3O2S. The first-order chi connectivity index (χ1) is 13.2. The molecule has 2 aliphatic heterocycles. The van der Waals surface area contributed by atoms with Crippen LogP contribution in [0.2, 0.25) is 0 Å². The van der Waals surface area contributed by atoms with E-state index in [0.29, 0.717) is 24.0 Å². The van der Waals surface area contributed by atoms with E-state index in [1.54, 1.807) is 11.3 Å². The largest absolute Gasteiger partial charge is 0.343 e. The molecule has 2 saturated heterocycles. The quantitative estimate of drug-likeness (QED) is 0.782. The van der Waals surface area contributed by atoms with Gasteiger partial charge in [0.2, 0.25) is 5.91 Å². The van der Waals surface area contributed by atoms with Crippen LogP contribution in [0.15, 0.2) is 17.2 Å². The van der Waals surface area contributed by atoms with Crippen molar-refractivity contribution in [3.8, 4) is 0 Å². The SMILES string of the molecule is CCC(=O)N1CCC(c2nc(C(=O)N3CCCC4CCCC=C43)cs2)CC1. The maximum atomic E-state index is 13.1. The zero-order chi connectivity index (χ0) is 18.8. The van der Waals surface area contributed by atoms with Gasteiger partial charge in [-0.25, -0.2) is 4.98 Å². The zero-order valence-corrected chi connectivity index (χ0v) is 17.0. The van der Waals surface area contributed by atoms with Crippen LogP contribution in [0.3, 0.4) is 0 Å². The van der Waals surface area contributed by atoms with Crippen molar-refractivity contribution in [1.29, 1.82) is 0 Å². The van der Waals surface area contributed by atoms with Crippen LogP contribution >= 0.6 is 11.3 Å². The van der Waals surface area contributed by atoms with Crippen LogP contribution < -0.4 is 0 Å². The van der Waals surface area contributed by atoms with E-state index < -0.39 is 0 Å². The highest BCUT2D eigenvalue weighted by molar-refractivity contribution is 7.09. The Kier molecular flexibility index (Phi) is 5.62. The van der Waals surface area contributed by atoms with Gasteiger partial charge in [-0.3, -0.25) is 9.59 Å². The van der Waals surface area contributed by atoms with Gasteiger partial charge < -0.3 is 9.80 Å². The summed E-state index contributed by atoms with van der Waals surface area (Å²) in [5.41, 5.74) is 1.85. The first-order valence-electron chi connectivity index (χ1n) is 10.4. The lowest BCUT2D eigenvalue weighted by Crippen LogP contribution is -2.39. The molecule has 27 heavy (non-hydrogen) atoms. The van der Waals surface area contributed by atoms with Gasteiger partial charge in [0.15, 0.2) is 0 Å². The lowest BCUT2D eigenvalue weighted by Gasteiger charge is -2.37. The Morgan fingerprint density at radius 1 is 1.11 bits per heavy atom. The summed E-state index contributed by atoms with van der Waals surface area (Å²) in [7, 11) is 0. The number of hydrogen-bond donors (Lipinski definition) is 0. The first-order valence-corrected chi connectivity index (χ1v) is 11.3. The molecular weight excluding hydrogens is 358 g/mol. The van der Waals surface area contributed by atoms with Gasteiger partial charge in [0.1, 0.15) is 5.69 Å². The molecule has 0 aromatic carbocycles. The molecule has 3 heterocycles. The summed E-state index contributed by atoms with van der Waals surface area (Å²) in [6, 6.07) is 0. The zero-order valence-electron chi connectivity index (χ0n) is 16.2. The number of nitrogens with zero attached hydrogens (tertiary/aromatic N) is 3. The van der Waals surface area contributed by atoms with Crippen molar-refractivity contribution in [3.63, 3.8) is 0 Å². The first kappa shape index (κ1) is 18.7. The molecule has 0 saturated carbocycles. The molecule has 1 aromatic heterocycles. The third kappa shape index (κ3) is 3.82. The lowest BCUT2D eigenvalue weighted by molar-refractivity contribution is -0.131. The second kappa shape index (κ2) is 8.13. The minimum atomic E-state index is 0.0777. The maximum Gasteiger partial charge on any atom is 0.277 e. The molecule has 6 heteroatoms. The van der Waals surface area contributed by atoms with Gasteiger partial charge in [-0.2, -0.15) is 0 Å². The van der Waals surface area contributed by atoms with Gasteiger partial charge in [0.25, 0.3) is 5.91 Å². The second-order valence-corrected chi connectivity index (χ2v) is 8.83. The number of fused-ring (bicyclic) bond motifs is 1. The average Bonchev–Trinajstić information content (AvgIpc) is 3.22. The van der Waals surface area contributed by atoms with E-state index in [-0.39, 0.29) is 11.8 Å². The monoisotopic (exact) mass is 387 g/mol. The fraction of sp³-hybridized carbons (Fsp3) is 0.667. The Bertz CT molecular complexity index is 734. The minimum Gasteiger partial charge on any atom is -0.343 e. The van der Waals surface area contributed by atoms with Gasteiger partial charge in [0, 0.05) is 43.1 Å². The number of aromatic nitrogens is 1. The second-order valence-electron chi connectivity index (χ2n) is 7.94. The fourth-order valence-corrected chi connectivity index (χ4v) is 5.67. The van der Waals surface area contributed by atoms with Crippen LogP contribution in [-0.2, 0) is 4.79 Å². The Balaban J connectivity index is 1.43. The van der Waals surface area contributed by atoms with E-state index in [1.807, 2.05) is 22.1 Å². The van der Waals surface area contributed by atoms with Crippen molar-refractivity contribution in [2.75, 3.05) is 19.6 Å². The summed E-state index contributed by atoms with van der Waals surface area (Å²) in [6.07, 6.45) is 10.6. The van der Waals surface area contributed by atoms with Crippen molar-refractivity contribution in [1.82, 2.24) is 14.8 Å². The average molecular weight is 388 g/mol. The number of piperidine rings is 2. The van der Waals surface area contributed by atoms with Crippen LogP contribution in [0.4, 0.5) is 0 Å². The predicted octanol–water partition coefficient (Wildman–Crippen LogP) is 4.18. The molecule has 0 spiro atoms. The molecule has 146 valence electrons. The van der Waals surface area contributed by atoms with Crippen LogP contribution in [0.5, 0.6) is 0 Å². The highest BCUT2D eigenvalue weighted by atomic mass is 32.1. The topological polar surface area (TPSA) is 53.5 Å². The molecule has 0 radical (unpaired) electrons. The van der Waals surface area contributed by atoms with Crippen LogP contribution in [-0.4, -0.2) is 46.2 Å². The van der Waals surface area contributed by atoms with Crippen molar-refractivity contribution in [2.24, 2.45) is 5.92 Å². The van der Waals surface area contributed by atoms with Gasteiger partial charge in [0.05, 0.1) is 5.01 Å². The Hall–Kier alpha value is -1.69. The molecule has 2 fully saturated rings. The Morgan fingerprint density at radius 3 is 2.67 bits per heavy atom. The highest BCUT2D eigenvalue weighted by Gasteiger charge is 2.32. The Labute approximate surface area is 165 Å². The molecule has 4 rings (SSSR count). The van der Waals surface area contributed by atoms with Crippen LogP contribution in [0, 0.1) is 5.92 Å². The lowest BCUT2D eigenvalue weighted by atomic mass is 9.85. The highest BCUT2D eigenvalue weighted by Crippen LogP contribution is 2.36. The number of thiazole rings is 1. The van der Waals surface area contributed by atoms with Crippen molar-refractivity contribution < 1.29 is 9.59 Å². The number of hydrogen-bond acceptors (Lipinski definition) is 4. The van der Waals surface area contributed by atoms with Gasteiger partial charge >= 0.3 is 0 Å². The van der Waals surface area contributed by atoms with Crippen molar-refractivity contribution >= 4 is 23.2 Å². The molecule has 1 unspecified atom stereocenters. The molecule has 0 bridgehead atoms. The summed E-state index contributed by atoms with van der Waals surface area (Å²) in [6.45, 7) is 4.35. The smallest absolute Gasteiger partial charge is 0.277 e. The normalized spacial score (nSPS) is 23.7. The van der Waals surface area contributed by atoms with Gasteiger partial charge in [-0.15, -0.1) is 11.3 Å². The molecule has 2 amide bonds. The Morgan fingerprint density at radius 2 is 1.89 bits per heavy atom. The maximum absolute atomic E-state index is 13.1. The predicted molar refractivity (Wildman–Crippen MR) is 107 cm³/mol. The molecule has 3 aliphatic rings. The minimum absolute atomic E-state index is 0.0777. The summed E-state index contributed by atoms with van der Waals surface area (Å²) in [5, 5.41) is 3.00. The van der Waals surface area contributed by atoms with Crippen LogP contribution in [0.25, 0.3) is 0 Å². The number of rotatable bonds is 3. The molecule has 1 aromatic rings. The van der Waals surface area contributed by atoms with Crippen molar-refractivity contribution in [3.05, 3.63) is 27.9 Å². The number of carbonyl (C=O) groups is 2. The van der Waals surface area contributed by atoms with Gasteiger partial charge in [-0.05, 0) is 50.9 Å². The molecule has 1 aliphatic carbocycles. The van der Waals surface area contributed by atoms with E-state index in [9.17, 15) is 9.59 Å². The number of likely N-dealkylation sites (tertiary alicyclic amines) is 2. The third-order valence-electron chi connectivity index (χ3n) is 6.26. The van der Waals surface area contributed by atoms with E-state index in [4.69, 9.17) is 4.98 Å². The fourth-order valence-electron chi connectivity index (χ4n) is 4.71. The van der Waals surface area contributed by atoms with E-state index >= 15 is 0 Å². The van der Waals surface area contributed by atoms with E-state index in [0.717, 1.165) is 50.3 Å². The molecule has 5 nitrogen and oxygen atoms in total. The van der Waals surface area contributed by atoms with Gasteiger partial charge in [-0.1, -0.05) is 13.0 Å². The summed E-state index contributed by atoms with van der Waals surface area (Å²) in [5.74, 6) is 1.26. The molecule has 0 N–H and O–H groups in total. The van der Waals surface area contributed by atoms with Crippen molar-refractivity contribution in [2.45, 2.75) is 64.2 Å². The summed E-state index contributed by atoms with van der Waals surface area (Å²) < 4.78 is 0. The third-order valence-corrected chi connectivity index (χ3v) is 7.27. The summed E-state index contributed by atoms with van der Waals surface area (Å²) in [4.78, 5) is 33.6. The van der Waals surface area contributed by atoms with Crippen LogP contribution in [0.1, 0.15) is 79.7 Å². The van der Waals surface area contributed by atoms with E-state index in [1.165, 1.54) is 25.0 Å². The standard InChI is InChI=1S/C21H29N3O2S/c1-2-19(25)23-12-9-16(10-13-23)20-22-17(14-27-20)21(26)24-11-5-7-15-6-3-4-8-18(15)24/h8,14-16H,2-7,9-13H2,1H3. The summed E-state index contributed by atoms with van der Waals surface area (Å²) >= 11 is 1.61. The number of allylic oxidation sites excluding steroid dienone is 2. The number of carbonyl (C=O) groups excluding carboxylic acids is 2. The number of amides is 2. The van der Waals surface area contributed by atoms with E-state index in [2.05, 4.69) is 6.08 Å². The molecule has 1 atom stereocenters.